The van der Waals surface area contributed by atoms with Crippen LogP contribution in [0.4, 0.5) is 0 Å². The minimum atomic E-state index is 0.618. The Morgan fingerprint density at radius 2 is 1.67 bits per heavy atom. The number of rotatable bonds is 12. The number of unbranched alkanes of at least 4 members (excludes halogenated alkanes) is 1. The highest BCUT2D eigenvalue weighted by atomic mass is 16.5. The predicted octanol–water partition coefficient (Wildman–Crippen LogP) is 3.98. The van der Waals surface area contributed by atoms with E-state index in [1.165, 1.54) is 16.5 Å². The second-order valence-corrected chi connectivity index (χ2v) is 7.42. The minimum Gasteiger partial charge on any atom is -0.493 e. The zero-order valence-corrected chi connectivity index (χ0v) is 18.2. The summed E-state index contributed by atoms with van der Waals surface area (Å²) >= 11 is 0. The fourth-order valence-corrected chi connectivity index (χ4v) is 3.93. The monoisotopic (exact) mass is 411 g/mol. The Kier molecular flexibility index (Phi) is 7.99. The third-order valence-electron chi connectivity index (χ3n) is 5.42. The van der Waals surface area contributed by atoms with Crippen LogP contribution in [0.25, 0.3) is 10.9 Å². The molecular formula is C24H33N3O3. The Morgan fingerprint density at radius 3 is 2.33 bits per heavy atom. The second kappa shape index (κ2) is 10.9. The van der Waals surface area contributed by atoms with Crippen LogP contribution in [0.2, 0.25) is 0 Å². The van der Waals surface area contributed by atoms with Gasteiger partial charge in [0.05, 0.1) is 21.3 Å². The maximum atomic E-state index is 5.87. The normalized spacial score (nSPS) is 11.2. The quantitative estimate of drug-likeness (QED) is 0.441. The first-order valence-corrected chi connectivity index (χ1v) is 10.5. The van der Waals surface area contributed by atoms with Crippen LogP contribution >= 0.6 is 0 Å². The molecule has 3 N–H and O–H groups in total. The van der Waals surface area contributed by atoms with Crippen LogP contribution < -0.4 is 19.9 Å². The molecule has 0 amide bonds. The van der Waals surface area contributed by atoms with E-state index >= 15 is 0 Å². The van der Waals surface area contributed by atoms with Gasteiger partial charge in [0.15, 0.2) is 11.5 Å². The number of nitrogens with zero attached hydrogens (tertiary/aromatic N) is 1. The molecule has 30 heavy (non-hydrogen) atoms. The molecule has 0 unspecified atom stereocenters. The first kappa shape index (κ1) is 22.0. The maximum absolute atomic E-state index is 5.87. The summed E-state index contributed by atoms with van der Waals surface area (Å²) in [5.41, 5.74) is 9.59. The molecule has 0 bridgehead atoms. The number of nitrogens with two attached hydrogens (primary N) is 1. The van der Waals surface area contributed by atoms with E-state index in [0.29, 0.717) is 23.8 Å². The van der Waals surface area contributed by atoms with Gasteiger partial charge in [-0.2, -0.15) is 0 Å². The first-order valence-electron chi connectivity index (χ1n) is 10.5. The van der Waals surface area contributed by atoms with Crippen LogP contribution in [0, 0.1) is 0 Å². The molecular weight excluding hydrogens is 378 g/mol. The van der Waals surface area contributed by atoms with E-state index < -0.39 is 0 Å². The van der Waals surface area contributed by atoms with Crippen LogP contribution in [0.3, 0.4) is 0 Å². The molecule has 0 saturated carbocycles. The molecule has 6 heteroatoms. The summed E-state index contributed by atoms with van der Waals surface area (Å²) in [5, 5.41) is 1.33. The number of aryl methyl sites for hydroxylation is 1. The van der Waals surface area contributed by atoms with Crippen LogP contribution in [0.15, 0.2) is 42.6 Å². The predicted molar refractivity (Wildman–Crippen MR) is 122 cm³/mol. The number of para-hydroxylation sites is 1. The number of nitrogens with one attached hydrogen (secondary N) is 1. The van der Waals surface area contributed by atoms with E-state index in [2.05, 4.69) is 40.3 Å². The van der Waals surface area contributed by atoms with Crippen molar-refractivity contribution in [2.24, 2.45) is 5.73 Å². The van der Waals surface area contributed by atoms with E-state index in [4.69, 9.17) is 19.9 Å². The lowest BCUT2D eigenvalue weighted by Gasteiger charge is -2.23. The Morgan fingerprint density at radius 1 is 0.933 bits per heavy atom. The Hall–Kier alpha value is -2.70. The zero-order valence-electron chi connectivity index (χ0n) is 18.2. The van der Waals surface area contributed by atoms with Gasteiger partial charge in [0.2, 0.25) is 5.75 Å². The summed E-state index contributed by atoms with van der Waals surface area (Å²) < 4.78 is 16.4. The van der Waals surface area contributed by atoms with Crippen molar-refractivity contribution in [3.63, 3.8) is 0 Å². The van der Waals surface area contributed by atoms with Crippen molar-refractivity contribution in [2.45, 2.75) is 25.8 Å². The topological polar surface area (TPSA) is 72.7 Å². The number of fused-ring (bicyclic) bond motifs is 1. The second-order valence-electron chi connectivity index (χ2n) is 7.42. The number of ether oxygens (including phenoxy) is 3. The van der Waals surface area contributed by atoms with Crippen molar-refractivity contribution in [3.8, 4) is 17.2 Å². The molecule has 0 spiro atoms. The number of benzene rings is 2. The molecule has 1 heterocycles. The zero-order chi connectivity index (χ0) is 21.3. The first-order chi connectivity index (χ1) is 14.7. The third kappa shape index (κ3) is 5.26. The summed E-state index contributed by atoms with van der Waals surface area (Å²) in [5.74, 6) is 1.98. The Labute approximate surface area is 178 Å². The molecule has 0 saturated heterocycles. The average Bonchev–Trinajstić information content (AvgIpc) is 3.19. The highest BCUT2D eigenvalue weighted by molar-refractivity contribution is 5.82. The summed E-state index contributed by atoms with van der Waals surface area (Å²) in [7, 11) is 4.90. The summed E-state index contributed by atoms with van der Waals surface area (Å²) in [6, 6.07) is 12.5. The third-order valence-corrected chi connectivity index (χ3v) is 5.42. The van der Waals surface area contributed by atoms with E-state index in [1.54, 1.807) is 21.3 Å². The van der Waals surface area contributed by atoms with E-state index in [-0.39, 0.29) is 0 Å². The highest BCUT2D eigenvalue weighted by Crippen LogP contribution is 2.38. The molecule has 0 fully saturated rings. The molecule has 162 valence electrons. The number of hydrogen-bond donors (Lipinski definition) is 2. The SMILES string of the molecule is COc1cc(CN(CCN)CCCCc2c[nH]c3ccccc23)cc(OC)c1OC. The van der Waals surface area contributed by atoms with E-state index in [1.807, 2.05) is 12.1 Å². The van der Waals surface area contributed by atoms with Crippen LogP contribution in [-0.2, 0) is 13.0 Å². The lowest BCUT2D eigenvalue weighted by molar-refractivity contribution is 0.265. The van der Waals surface area contributed by atoms with Gasteiger partial charge in [-0.25, -0.2) is 0 Å². The Bertz CT molecular complexity index is 913. The van der Waals surface area contributed by atoms with Gasteiger partial charge in [-0.15, -0.1) is 0 Å². The molecule has 0 radical (unpaired) electrons. The molecule has 0 atom stereocenters. The lowest BCUT2D eigenvalue weighted by atomic mass is 10.1. The number of methoxy groups -OCH3 is 3. The highest BCUT2D eigenvalue weighted by Gasteiger charge is 2.15. The molecule has 1 aromatic heterocycles. The van der Waals surface area contributed by atoms with Crippen molar-refractivity contribution in [3.05, 3.63) is 53.7 Å². The van der Waals surface area contributed by atoms with Crippen LogP contribution in [-0.4, -0.2) is 50.8 Å². The summed E-state index contributed by atoms with van der Waals surface area (Å²) in [6.07, 6.45) is 5.46. The lowest BCUT2D eigenvalue weighted by Crippen LogP contribution is -2.30. The van der Waals surface area contributed by atoms with Gasteiger partial charge in [-0.05, 0) is 55.1 Å². The number of aromatic nitrogens is 1. The standard InChI is InChI=1S/C24H33N3O3/c1-28-22-14-18(15-23(29-2)24(22)30-3)17-27(13-11-25)12-7-6-8-19-16-26-21-10-5-4-9-20(19)21/h4-5,9-10,14-16,26H,6-8,11-13,17,25H2,1-3H3. The fraction of sp³-hybridized carbons (Fsp3) is 0.417. The van der Waals surface area contributed by atoms with Crippen LogP contribution in [0.5, 0.6) is 17.2 Å². The number of aromatic amines is 1. The van der Waals surface area contributed by atoms with Gasteiger partial charge in [-0.1, -0.05) is 18.2 Å². The number of H-pyrrole nitrogens is 1. The van der Waals surface area contributed by atoms with Gasteiger partial charge in [0.25, 0.3) is 0 Å². The van der Waals surface area contributed by atoms with Gasteiger partial charge in [0.1, 0.15) is 0 Å². The van der Waals surface area contributed by atoms with Gasteiger partial charge in [0, 0.05) is 36.7 Å². The van der Waals surface area contributed by atoms with Crippen molar-refractivity contribution in [1.82, 2.24) is 9.88 Å². The van der Waals surface area contributed by atoms with E-state index in [9.17, 15) is 0 Å². The molecule has 3 aromatic rings. The fourth-order valence-electron chi connectivity index (χ4n) is 3.93. The Balaban J connectivity index is 1.59. The van der Waals surface area contributed by atoms with Crippen LogP contribution in [0.1, 0.15) is 24.0 Å². The van der Waals surface area contributed by atoms with Gasteiger partial charge in [-0.3, -0.25) is 4.90 Å². The molecule has 2 aromatic carbocycles. The van der Waals surface area contributed by atoms with Crippen molar-refractivity contribution >= 4 is 10.9 Å². The molecule has 0 aliphatic rings. The smallest absolute Gasteiger partial charge is 0.203 e. The van der Waals surface area contributed by atoms with Gasteiger partial charge >= 0.3 is 0 Å². The van der Waals surface area contributed by atoms with Crippen molar-refractivity contribution in [1.29, 1.82) is 0 Å². The van der Waals surface area contributed by atoms with E-state index in [0.717, 1.165) is 44.5 Å². The van der Waals surface area contributed by atoms with Crippen molar-refractivity contribution < 1.29 is 14.2 Å². The molecule has 6 nitrogen and oxygen atoms in total. The maximum Gasteiger partial charge on any atom is 0.203 e. The summed E-state index contributed by atoms with van der Waals surface area (Å²) in [4.78, 5) is 5.75. The molecule has 0 aliphatic heterocycles. The minimum absolute atomic E-state index is 0.618. The molecule has 0 aliphatic carbocycles. The summed E-state index contributed by atoms with van der Waals surface area (Å²) in [6.45, 7) is 3.27. The molecule has 3 rings (SSSR count). The largest absolute Gasteiger partial charge is 0.493 e. The van der Waals surface area contributed by atoms with Gasteiger partial charge < -0.3 is 24.9 Å². The average molecular weight is 412 g/mol. The van der Waals surface area contributed by atoms with Crippen molar-refractivity contribution in [2.75, 3.05) is 41.0 Å². The number of hydrogen-bond acceptors (Lipinski definition) is 5.